The highest BCUT2D eigenvalue weighted by molar-refractivity contribution is 7.91. The summed E-state index contributed by atoms with van der Waals surface area (Å²) in [5.74, 6) is 2.45. The standard InChI is InChI=1S/C12H20N4O3S/c1-13-10-8-12(15-11(14-10)9-19-2)16-4-3-6-20(17,18)7-5-16/h8H,3-7,9H2,1-2H3,(H,13,14,15). The van der Waals surface area contributed by atoms with Crippen molar-refractivity contribution in [3.63, 3.8) is 0 Å². The molecule has 1 saturated heterocycles. The summed E-state index contributed by atoms with van der Waals surface area (Å²) >= 11 is 0. The number of aromatic nitrogens is 2. The number of anilines is 2. The number of nitrogens with zero attached hydrogens (tertiary/aromatic N) is 3. The van der Waals surface area contributed by atoms with E-state index in [1.807, 2.05) is 11.0 Å². The molecule has 1 aliphatic rings. The van der Waals surface area contributed by atoms with Crippen LogP contribution >= 0.6 is 0 Å². The van der Waals surface area contributed by atoms with E-state index in [1.165, 1.54) is 0 Å². The van der Waals surface area contributed by atoms with E-state index in [0.717, 1.165) is 5.82 Å². The van der Waals surface area contributed by atoms with Crippen LogP contribution < -0.4 is 10.2 Å². The molecule has 112 valence electrons. The molecule has 8 heteroatoms. The van der Waals surface area contributed by atoms with Crippen molar-refractivity contribution in [3.05, 3.63) is 11.9 Å². The van der Waals surface area contributed by atoms with Crippen molar-refractivity contribution < 1.29 is 13.2 Å². The first kappa shape index (κ1) is 15.0. The van der Waals surface area contributed by atoms with Crippen LogP contribution in [0.1, 0.15) is 12.2 Å². The Bertz CT molecular complexity index is 562. The molecule has 0 aliphatic carbocycles. The average Bonchev–Trinajstić information content (AvgIpc) is 2.59. The summed E-state index contributed by atoms with van der Waals surface area (Å²) in [7, 11) is 0.457. The van der Waals surface area contributed by atoms with Gasteiger partial charge in [-0.2, -0.15) is 0 Å². The maximum Gasteiger partial charge on any atom is 0.158 e. The molecule has 2 rings (SSSR count). The summed E-state index contributed by atoms with van der Waals surface area (Å²) in [4.78, 5) is 10.7. The summed E-state index contributed by atoms with van der Waals surface area (Å²) in [5, 5.41) is 2.99. The van der Waals surface area contributed by atoms with Gasteiger partial charge in [-0.15, -0.1) is 0 Å². The minimum Gasteiger partial charge on any atom is -0.377 e. The van der Waals surface area contributed by atoms with Crippen LogP contribution in [-0.4, -0.2) is 57.1 Å². The van der Waals surface area contributed by atoms with Gasteiger partial charge in [0.15, 0.2) is 15.7 Å². The number of rotatable bonds is 4. The number of nitrogens with one attached hydrogen (secondary N) is 1. The number of ether oxygens (including phenoxy) is 1. The zero-order chi connectivity index (χ0) is 14.6. The van der Waals surface area contributed by atoms with Gasteiger partial charge in [-0.3, -0.25) is 0 Å². The molecule has 1 aromatic rings. The van der Waals surface area contributed by atoms with Crippen LogP contribution in [-0.2, 0) is 21.2 Å². The van der Waals surface area contributed by atoms with Gasteiger partial charge < -0.3 is 15.0 Å². The second kappa shape index (κ2) is 6.36. The summed E-state index contributed by atoms with van der Waals surface area (Å²) in [5.41, 5.74) is 0. The van der Waals surface area contributed by atoms with Gasteiger partial charge in [0.05, 0.1) is 11.5 Å². The third kappa shape index (κ3) is 3.80. The van der Waals surface area contributed by atoms with Crippen LogP contribution in [0.15, 0.2) is 6.07 Å². The zero-order valence-corrected chi connectivity index (χ0v) is 12.6. The second-order valence-electron chi connectivity index (χ2n) is 4.70. The van der Waals surface area contributed by atoms with Gasteiger partial charge in [-0.05, 0) is 6.42 Å². The van der Waals surface area contributed by atoms with Crippen LogP contribution in [0.5, 0.6) is 0 Å². The number of hydrogen-bond acceptors (Lipinski definition) is 7. The third-order valence-electron chi connectivity index (χ3n) is 3.17. The van der Waals surface area contributed by atoms with Crippen LogP contribution in [0.3, 0.4) is 0 Å². The lowest BCUT2D eigenvalue weighted by atomic mass is 10.3. The third-order valence-corrected chi connectivity index (χ3v) is 4.88. The monoisotopic (exact) mass is 300 g/mol. The first-order valence-electron chi connectivity index (χ1n) is 6.54. The van der Waals surface area contributed by atoms with Crippen molar-refractivity contribution in [2.45, 2.75) is 13.0 Å². The van der Waals surface area contributed by atoms with Crippen LogP contribution in [0.4, 0.5) is 11.6 Å². The molecule has 0 unspecified atom stereocenters. The van der Waals surface area contributed by atoms with Crippen molar-refractivity contribution >= 4 is 21.5 Å². The highest BCUT2D eigenvalue weighted by Crippen LogP contribution is 2.18. The minimum atomic E-state index is -2.92. The smallest absolute Gasteiger partial charge is 0.158 e. The lowest BCUT2D eigenvalue weighted by Gasteiger charge is -2.21. The molecule has 0 bridgehead atoms. The summed E-state index contributed by atoms with van der Waals surface area (Å²) in [6.45, 7) is 1.48. The number of hydrogen-bond donors (Lipinski definition) is 1. The summed E-state index contributed by atoms with van der Waals surface area (Å²) in [6.07, 6.45) is 0.626. The minimum absolute atomic E-state index is 0.172. The Morgan fingerprint density at radius 3 is 2.85 bits per heavy atom. The fraction of sp³-hybridized carbons (Fsp3) is 0.667. The first-order chi connectivity index (χ1) is 9.54. The SMILES string of the molecule is CNc1cc(N2CCCS(=O)(=O)CC2)nc(COC)n1. The van der Waals surface area contributed by atoms with Gasteiger partial charge in [0.1, 0.15) is 18.2 Å². The Morgan fingerprint density at radius 1 is 1.35 bits per heavy atom. The van der Waals surface area contributed by atoms with E-state index in [9.17, 15) is 8.42 Å². The molecule has 1 N–H and O–H groups in total. The van der Waals surface area contributed by atoms with Gasteiger partial charge >= 0.3 is 0 Å². The molecule has 1 aliphatic heterocycles. The Morgan fingerprint density at radius 2 is 2.15 bits per heavy atom. The molecule has 1 aromatic heterocycles. The Balaban J connectivity index is 2.24. The highest BCUT2D eigenvalue weighted by Gasteiger charge is 2.20. The van der Waals surface area contributed by atoms with E-state index in [-0.39, 0.29) is 11.5 Å². The van der Waals surface area contributed by atoms with Gasteiger partial charge in [0.2, 0.25) is 0 Å². The molecule has 0 spiro atoms. The van der Waals surface area contributed by atoms with E-state index in [1.54, 1.807) is 14.2 Å². The fourth-order valence-corrected chi connectivity index (χ4v) is 3.41. The molecule has 2 heterocycles. The van der Waals surface area contributed by atoms with E-state index in [4.69, 9.17) is 4.74 Å². The second-order valence-corrected chi connectivity index (χ2v) is 7.01. The molecule has 0 aromatic carbocycles. The predicted octanol–water partition coefficient (Wildman–Crippen LogP) is 0.290. The molecule has 0 saturated carbocycles. The van der Waals surface area contributed by atoms with Gasteiger partial charge in [0.25, 0.3) is 0 Å². The quantitative estimate of drug-likeness (QED) is 0.855. The van der Waals surface area contributed by atoms with Crippen LogP contribution in [0, 0.1) is 0 Å². The maximum absolute atomic E-state index is 11.6. The average molecular weight is 300 g/mol. The fourth-order valence-electron chi connectivity index (χ4n) is 2.13. The Kier molecular flexibility index (Phi) is 4.77. The van der Waals surface area contributed by atoms with Crippen LogP contribution in [0.25, 0.3) is 0 Å². The van der Waals surface area contributed by atoms with Crippen molar-refractivity contribution in [2.75, 3.05) is 49.0 Å². The van der Waals surface area contributed by atoms with Gasteiger partial charge in [0, 0.05) is 33.3 Å². The van der Waals surface area contributed by atoms with Crippen molar-refractivity contribution in [1.82, 2.24) is 9.97 Å². The van der Waals surface area contributed by atoms with Crippen molar-refractivity contribution in [3.8, 4) is 0 Å². The highest BCUT2D eigenvalue weighted by atomic mass is 32.2. The molecule has 7 nitrogen and oxygen atoms in total. The zero-order valence-electron chi connectivity index (χ0n) is 11.8. The van der Waals surface area contributed by atoms with Crippen LogP contribution in [0.2, 0.25) is 0 Å². The molecule has 0 atom stereocenters. The summed E-state index contributed by atoms with van der Waals surface area (Å²) in [6, 6.07) is 1.83. The molecule has 20 heavy (non-hydrogen) atoms. The van der Waals surface area contributed by atoms with Gasteiger partial charge in [-0.1, -0.05) is 0 Å². The van der Waals surface area contributed by atoms with Crippen molar-refractivity contribution in [2.24, 2.45) is 0 Å². The molecule has 0 amide bonds. The number of methoxy groups -OCH3 is 1. The predicted molar refractivity (Wildman–Crippen MR) is 77.8 cm³/mol. The van der Waals surface area contributed by atoms with E-state index >= 15 is 0 Å². The van der Waals surface area contributed by atoms with E-state index in [0.29, 0.717) is 37.8 Å². The normalized spacial score (nSPS) is 18.6. The Labute approximate surface area is 119 Å². The molecule has 1 fully saturated rings. The largest absolute Gasteiger partial charge is 0.377 e. The first-order valence-corrected chi connectivity index (χ1v) is 8.36. The maximum atomic E-state index is 11.6. The summed E-state index contributed by atoms with van der Waals surface area (Å²) < 4.78 is 28.4. The Hall–Kier alpha value is -1.41. The van der Waals surface area contributed by atoms with Crippen molar-refractivity contribution in [1.29, 1.82) is 0 Å². The topological polar surface area (TPSA) is 84.4 Å². The molecular weight excluding hydrogens is 280 g/mol. The van der Waals surface area contributed by atoms with Gasteiger partial charge in [-0.25, -0.2) is 18.4 Å². The van der Waals surface area contributed by atoms with E-state index in [2.05, 4.69) is 15.3 Å². The molecule has 0 radical (unpaired) electrons. The lowest BCUT2D eigenvalue weighted by molar-refractivity contribution is 0.178. The van der Waals surface area contributed by atoms with E-state index < -0.39 is 9.84 Å². The lowest BCUT2D eigenvalue weighted by Crippen LogP contribution is -2.28. The molecular formula is C12H20N4O3S. The number of sulfone groups is 1.